The van der Waals surface area contributed by atoms with Gasteiger partial charge in [0.1, 0.15) is 6.73 Å². The Morgan fingerprint density at radius 2 is 1.61 bits per heavy atom. The van der Waals surface area contributed by atoms with E-state index in [1.165, 1.54) is 30.5 Å². The first-order valence-electron chi connectivity index (χ1n) is 7.95. The highest BCUT2D eigenvalue weighted by Gasteiger charge is 2.28. The fraction of sp³-hybridized carbons (Fsp3) is 0.412. The van der Waals surface area contributed by atoms with Gasteiger partial charge in [0.2, 0.25) is 40.7 Å². The maximum Gasteiger partial charge on any atom is 0.336 e. The summed E-state index contributed by atoms with van der Waals surface area (Å²) in [6.45, 7) is 4.66. The maximum atomic E-state index is 13.5. The molecule has 0 aliphatic carbocycles. The van der Waals surface area contributed by atoms with Crippen LogP contribution in [0.25, 0.3) is 0 Å². The number of nitrogens with zero attached hydrogens (tertiary/aromatic N) is 1. The highest BCUT2D eigenvalue weighted by molar-refractivity contribution is 7.99. The standard InChI is InChI=1S/C17H18F5NO4S/c1-4-28-8-26-7-23(10(3)24)9(2)5-6-11(25)27-17-15(21)13(19)12(18)14(20)16(17)22/h5-6,9H,4,7-8H2,1-3H3/b6-5+. The van der Waals surface area contributed by atoms with E-state index in [0.29, 0.717) is 12.0 Å². The number of halogens is 5. The average Bonchev–Trinajstić information content (AvgIpc) is 2.66. The molecule has 0 radical (unpaired) electrons. The Balaban J connectivity index is 2.84. The molecule has 0 aliphatic heterocycles. The second kappa shape index (κ2) is 11.0. The molecule has 1 atom stereocenters. The molecule has 156 valence electrons. The molecule has 1 unspecified atom stereocenters. The van der Waals surface area contributed by atoms with Crippen LogP contribution in [0.3, 0.4) is 0 Å². The molecule has 0 heterocycles. The third-order valence-corrected chi connectivity index (χ3v) is 4.12. The lowest BCUT2D eigenvalue weighted by molar-refractivity contribution is -0.135. The maximum absolute atomic E-state index is 13.5. The van der Waals surface area contributed by atoms with Gasteiger partial charge in [0.05, 0.1) is 5.94 Å². The van der Waals surface area contributed by atoms with Gasteiger partial charge in [0.25, 0.3) is 0 Å². The Morgan fingerprint density at radius 1 is 1.07 bits per heavy atom. The molecule has 0 spiro atoms. The van der Waals surface area contributed by atoms with Crippen LogP contribution < -0.4 is 4.74 Å². The molecule has 1 aromatic rings. The molecule has 1 rings (SSSR count). The fourth-order valence-corrected chi connectivity index (χ4v) is 2.26. The highest BCUT2D eigenvalue weighted by Crippen LogP contribution is 2.29. The predicted octanol–water partition coefficient (Wildman–Crippen LogP) is 3.77. The summed E-state index contributed by atoms with van der Waals surface area (Å²) in [5.74, 6) is -13.7. The Labute approximate surface area is 162 Å². The normalized spacial score (nSPS) is 12.3. The van der Waals surface area contributed by atoms with Gasteiger partial charge in [-0.25, -0.2) is 18.0 Å². The van der Waals surface area contributed by atoms with Crippen molar-refractivity contribution >= 4 is 23.6 Å². The first-order valence-corrected chi connectivity index (χ1v) is 9.11. The minimum atomic E-state index is -2.36. The van der Waals surface area contributed by atoms with E-state index in [4.69, 9.17) is 4.74 Å². The SMILES string of the molecule is CCSCOCN(C(C)=O)C(C)/C=C/C(=O)Oc1c(F)c(F)c(F)c(F)c1F. The Bertz CT molecular complexity index is 731. The Morgan fingerprint density at radius 3 is 2.11 bits per heavy atom. The second-order valence-corrected chi connectivity index (χ2v) is 6.57. The molecule has 0 N–H and O–H groups in total. The van der Waals surface area contributed by atoms with Crippen molar-refractivity contribution in [1.82, 2.24) is 4.90 Å². The lowest BCUT2D eigenvalue weighted by Crippen LogP contribution is -2.37. The number of amides is 1. The third-order valence-electron chi connectivity index (χ3n) is 3.38. The van der Waals surface area contributed by atoms with E-state index in [2.05, 4.69) is 4.74 Å². The summed E-state index contributed by atoms with van der Waals surface area (Å²) in [4.78, 5) is 24.6. The number of esters is 1. The number of rotatable bonds is 9. The van der Waals surface area contributed by atoms with Crippen molar-refractivity contribution in [1.29, 1.82) is 0 Å². The molecule has 0 saturated heterocycles. The van der Waals surface area contributed by atoms with Gasteiger partial charge < -0.3 is 14.4 Å². The van der Waals surface area contributed by atoms with E-state index in [1.807, 2.05) is 6.92 Å². The molecule has 0 fully saturated rings. The van der Waals surface area contributed by atoms with E-state index < -0.39 is 46.8 Å². The number of carbonyl (C=O) groups is 2. The topological polar surface area (TPSA) is 55.8 Å². The smallest absolute Gasteiger partial charge is 0.336 e. The number of hydrogen-bond acceptors (Lipinski definition) is 5. The first-order chi connectivity index (χ1) is 13.1. The van der Waals surface area contributed by atoms with Crippen LogP contribution in [0.5, 0.6) is 5.75 Å². The van der Waals surface area contributed by atoms with Gasteiger partial charge in [0, 0.05) is 19.0 Å². The van der Waals surface area contributed by atoms with E-state index in [-0.39, 0.29) is 12.6 Å². The van der Waals surface area contributed by atoms with Crippen LogP contribution in [-0.4, -0.2) is 41.2 Å². The van der Waals surface area contributed by atoms with Gasteiger partial charge in [-0.3, -0.25) is 4.79 Å². The summed E-state index contributed by atoms with van der Waals surface area (Å²) in [5.41, 5.74) is 0. The second-order valence-electron chi connectivity index (χ2n) is 5.35. The van der Waals surface area contributed by atoms with Gasteiger partial charge in [-0.15, -0.1) is 11.8 Å². The van der Waals surface area contributed by atoms with Crippen molar-refractivity contribution in [2.75, 3.05) is 18.4 Å². The Kier molecular flexibility index (Phi) is 9.39. The monoisotopic (exact) mass is 427 g/mol. The van der Waals surface area contributed by atoms with Crippen molar-refractivity contribution in [3.8, 4) is 5.75 Å². The number of thioether (sulfide) groups is 1. The molecule has 11 heteroatoms. The molecule has 0 aromatic heterocycles. The summed E-state index contributed by atoms with van der Waals surface area (Å²) in [7, 11) is 0. The summed E-state index contributed by atoms with van der Waals surface area (Å²) in [6.07, 6.45) is 1.87. The van der Waals surface area contributed by atoms with Crippen molar-refractivity contribution in [3.05, 3.63) is 41.2 Å². The average molecular weight is 427 g/mol. The molecule has 0 bridgehead atoms. The molecule has 0 aliphatic rings. The molecular weight excluding hydrogens is 409 g/mol. The van der Waals surface area contributed by atoms with Crippen molar-refractivity contribution in [3.63, 3.8) is 0 Å². The van der Waals surface area contributed by atoms with Crippen LogP contribution in [0.2, 0.25) is 0 Å². The van der Waals surface area contributed by atoms with Crippen molar-refractivity contribution < 1.29 is 41.0 Å². The number of ether oxygens (including phenoxy) is 2. The zero-order valence-electron chi connectivity index (χ0n) is 15.2. The van der Waals surface area contributed by atoms with Crippen molar-refractivity contribution in [2.24, 2.45) is 0 Å². The molecule has 1 aromatic carbocycles. The van der Waals surface area contributed by atoms with Crippen LogP contribution in [0, 0.1) is 29.1 Å². The summed E-state index contributed by atoms with van der Waals surface area (Å²) in [6, 6.07) is -0.673. The van der Waals surface area contributed by atoms with Gasteiger partial charge in [-0.05, 0) is 12.7 Å². The number of carbonyl (C=O) groups excluding carboxylic acids is 2. The minimum Gasteiger partial charge on any atom is -0.417 e. The fourth-order valence-electron chi connectivity index (χ4n) is 1.90. The van der Waals surface area contributed by atoms with Crippen molar-refractivity contribution in [2.45, 2.75) is 26.8 Å². The van der Waals surface area contributed by atoms with Crippen LogP contribution >= 0.6 is 11.8 Å². The van der Waals surface area contributed by atoms with Crippen LogP contribution in [0.15, 0.2) is 12.2 Å². The van der Waals surface area contributed by atoms with Gasteiger partial charge >= 0.3 is 5.97 Å². The lowest BCUT2D eigenvalue weighted by Gasteiger charge is -2.25. The van der Waals surface area contributed by atoms with Crippen LogP contribution in [0.4, 0.5) is 22.0 Å². The molecule has 5 nitrogen and oxygen atoms in total. The van der Waals surface area contributed by atoms with E-state index >= 15 is 0 Å². The number of benzene rings is 1. The summed E-state index contributed by atoms with van der Waals surface area (Å²) >= 11 is 1.49. The zero-order chi connectivity index (χ0) is 21.4. The third kappa shape index (κ3) is 6.20. The van der Waals surface area contributed by atoms with E-state index in [0.717, 1.165) is 11.8 Å². The number of hydrogen-bond donors (Lipinski definition) is 0. The first kappa shape index (κ1) is 23.9. The zero-order valence-corrected chi connectivity index (χ0v) is 16.0. The molecule has 28 heavy (non-hydrogen) atoms. The largest absolute Gasteiger partial charge is 0.417 e. The minimum absolute atomic E-state index is 0.0689. The molecule has 1 amide bonds. The van der Waals surface area contributed by atoms with Gasteiger partial charge in [-0.2, -0.15) is 8.78 Å². The Hall–Kier alpha value is -2.14. The van der Waals surface area contributed by atoms with Crippen LogP contribution in [-0.2, 0) is 14.3 Å². The van der Waals surface area contributed by atoms with Gasteiger partial charge in [0.15, 0.2) is 0 Å². The van der Waals surface area contributed by atoms with E-state index in [9.17, 15) is 31.5 Å². The lowest BCUT2D eigenvalue weighted by atomic mass is 10.2. The molecule has 0 saturated carbocycles. The van der Waals surface area contributed by atoms with Gasteiger partial charge in [-0.1, -0.05) is 13.0 Å². The quantitative estimate of drug-likeness (QED) is 0.0878. The summed E-state index contributed by atoms with van der Waals surface area (Å²) in [5, 5.41) is 0. The predicted molar refractivity (Wildman–Crippen MR) is 91.9 cm³/mol. The van der Waals surface area contributed by atoms with E-state index in [1.54, 1.807) is 0 Å². The highest BCUT2D eigenvalue weighted by atomic mass is 32.2. The molecular formula is C17H18F5NO4S. The summed E-state index contributed by atoms with van der Waals surface area (Å²) < 4.78 is 75.7. The van der Waals surface area contributed by atoms with Crippen LogP contribution in [0.1, 0.15) is 20.8 Å².